The molecule has 2 aliphatic heterocycles. The van der Waals surface area contributed by atoms with Crippen LogP contribution in [-0.2, 0) is 57.4 Å². The zero-order chi connectivity index (χ0) is 42.9. The first-order chi connectivity index (χ1) is 27.7. The molecule has 22 nitrogen and oxygen atoms in total. The zero-order valence-corrected chi connectivity index (χ0v) is 32.6. The maximum absolute atomic E-state index is 13.3. The number of hydrogen-bond donors (Lipinski definition) is 6. The van der Waals surface area contributed by atoms with E-state index in [9.17, 15) is 52.7 Å². The first-order valence-electron chi connectivity index (χ1n) is 18.8. The second kappa shape index (κ2) is 26.6. The third kappa shape index (κ3) is 19.1. The molecule has 2 aliphatic rings. The molecule has 58 heavy (non-hydrogen) atoms. The Hall–Kier alpha value is -6.19. The molecule has 0 atom stereocenters. The lowest BCUT2D eigenvalue weighted by atomic mass is 9.92. The van der Waals surface area contributed by atoms with E-state index in [1.54, 1.807) is 13.8 Å². The number of carbonyl (C=O) groups excluding carboxylic acids is 11. The van der Waals surface area contributed by atoms with E-state index in [4.69, 9.17) is 14.2 Å². The summed E-state index contributed by atoms with van der Waals surface area (Å²) in [4.78, 5) is 135. The number of hydrogen-bond acceptors (Lipinski definition) is 14. The van der Waals surface area contributed by atoms with Crippen LogP contribution in [0.3, 0.4) is 0 Å². The number of nitrogens with one attached hydrogen (secondary N) is 6. The first-order valence-corrected chi connectivity index (χ1v) is 18.8. The van der Waals surface area contributed by atoms with Crippen LogP contribution in [0.25, 0.3) is 0 Å². The van der Waals surface area contributed by atoms with E-state index >= 15 is 0 Å². The molecular weight excluding hydrogens is 768 g/mol. The van der Waals surface area contributed by atoms with Gasteiger partial charge in [0.05, 0.1) is 0 Å². The quantitative estimate of drug-likeness (QED) is 0.0358. The maximum atomic E-state index is 13.3. The number of nitrogens with zero attached hydrogens (tertiary/aromatic N) is 2. The van der Waals surface area contributed by atoms with Gasteiger partial charge in [-0.25, -0.2) is 9.59 Å². The van der Waals surface area contributed by atoms with E-state index in [0.717, 1.165) is 34.1 Å². The summed E-state index contributed by atoms with van der Waals surface area (Å²) in [6.45, 7) is 3.23. The molecule has 0 saturated carbocycles. The van der Waals surface area contributed by atoms with Crippen molar-refractivity contribution >= 4 is 65.2 Å². The van der Waals surface area contributed by atoms with Crippen molar-refractivity contribution in [1.82, 2.24) is 41.7 Å². The van der Waals surface area contributed by atoms with Gasteiger partial charge >= 0.3 is 12.2 Å². The predicted octanol–water partition coefficient (Wildman–Crippen LogP) is -2.30. The highest BCUT2D eigenvalue weighted by molar-refractivity contribution is 6.13. The number of rotatable bonds is 28. The third-order valence-electron chi connectivity index (χ3n) is 8.15. The fourth-order valence-corrected chi connectivity index (χ4v) is 5.18. The van der Waals surface area contributed by atoms with Gasteiger partial charge in [0.25, 0.3) is 23.6 Å². The van der Waals surface area contributed by atoms with Crippen LogP contribution < -0.4 is 31.9 Å². The van der Waals surface area contributed by atoms with Crippen molar-refractivity contribution < 1.29 is 67.0 Å². The van der Waals surface area contributed by atoms with Gasteiger partial charge < -0.3 is 46.1 Å². The Kier molecular flexibility index (Phi) is 22.0. The van der Waals surface area contributed by atoms with Crippen molar-refractivity contribution in [3.05, 3.63) is 24.3 Å². The lowest BCUT2D eigenvalue weighted by molar-refractivity contribution is -0.139. The summed E-state index contributed by atoms with van der Waals surface area (Å²) < 4.78 is 15.9. The van der Waals surface area contributed by atoms with E-state index in [2.05, 4.69) is 31.9 Å². The van der Waals surface area contributed by atoms with Gasteiger partial charge in [-0.05, 0) is 20.3 Å². The molecule has 10 amide bonds. The van der Waals surface area contributed by atoms with Crippen molar-refractivity contribution in [3.63, 3.8) is 0 Å². The van der Waals surface area contributed by atoms with Crippen LogP contribution in [0.1, 0.15) is 52.4 Å². The fourth-order valence-electron chi connectivity index (χ4n) is 5.18. The largest absolute Gasteiger partial charge is 0.447 e. The Morgan fingerprint density at radius 3 is 1.31 bits per heavy atom. The summed E-state index contributed by atoms with van der Waals surface area (Å²) in [5.41, 5.74) is 0. The number of Topliss-reactive ketones (excluding diaryl/α,β-unsaturated/α-hetero) is 1. The minimum absolute atomic E-state index is 0.00319. The predicted molar refractivity (Wildman–Crippen MR) is 200 cm³/mol. The summed E-state index contributed by atoms with van der Waals surface area (Å²) in [7, 11) is 0. The van der Waals surface area contributed by atoms with Crippen LogP contribution >= 0.6 is 0 Å². The number of imide groups is 2. The van der Waals surface area contributed by atoms with Gasteiger partial charge in [0, 0.05) is 121 Å². The first kappa shape index (κ1) is 48.0. The number of amides is 10. The number of ether oxygens (including phenoxy) is 3. The zero-order valence-electron chi connectivity index (χ0n) is 32.6. The molecule has 0 aliphatic carbocycles. The lowest BCUT2D eigenvalue weighted by Gasteiger charge is -2.19. The molecule has 0 bridgehead atoms. The molecule has 0 aromatic carbocycles. The van der Waals surface area contributed by atoms with Crippen molar-refractivity contribution in [3.8, 4) is 0 Å². The van der Waals surface area contributed by atoms with Gasteiger partial charge in [-0.1, -0.05) is 0 Å². The van der Waals surface area contributed by atoms with Crippen molar-refractivity contribution in [2.45, 2.75) is 58.5 Å². The summed E-state index contributed by atoms with van der Waals surface area (Å²) in [5, 5.41) is 15.2. The molecule has 2 heterocycles. The van der Waals surface area contributed by atoms with Gasteiger partial charge in [-0.3, -0.25) is 53.0 Å². The SMILES string of the molecule is CCNC(=O)OCC(COC(=O)NCC)OCCCC(=O)C(CC(=O)NCCNC(=O)CCN1C(=O)C=CC1=O)CC(=O)NCCNC(=O)CCN1C(=O)C=CC1=O. The van der Waals surface area contributed by atoms with Crippen molar-refractivity contribution in [1.29, 1.82) is 0 Å². The number of carbonyl (C=O) groups is 11. The van der Waals surface area contributed by atoms with Gasteiger partial charge in [0.1, 0.15) is 25.1 Å². The summed E-state index contributed by atoms with van der Waals surface area (Å²) in [6.07, 6.45) is 1.12. The van der Waals surface area contributed by atoms with E-state index < -0.39 is 77.2 Å². The topological polar surface area (TPSA) is 294 Å². The van der Waals surface area contributed by atoms with E-state index in [1.807, 2.05) is 0 Å². The van der Waals surface area contributed by atoms with Gasteiger partial charge in [0.2, 0.25) is 23.6 Å². The number of alkyl carbamates (subject to hydrolysis) is 2. The van der Waals surface area contributed by atoms with Crippen LogP contribution in [0.5, 0.6) is 0 Å². The maximum Gasteiger partial charge on any atom is 0.407 e. The molecule has 0 radical (unpaired) electrons. The Morgan fingerprint density at radius 2 is 0.931 bits per heavy atom. The average molecular weight is 821 g/mol. The monoisotopic (exact) mass is 820 g/mol. The molecule has 0 fully saturated rings. The Labute approximate surface area is 334 Å². The summed E-state index contributed by atoms with van der Waals surface area (Å²) >= 11 is 0. The normalized spacial score (nSPS) is 13.2. The molecule has 6 N–H and O–H groups in total. The van der Waals surface area contributed by atoms with Crippen molar-refractivity contribution in [2.24, 2.45) is 5.92 Å². The molecule has 0 aromatic rings. The van der Waals surface area contributed by atoms with Gasteiger partial charge in [-0.15, -0.1) is 0 Å². The molecule has 0 spiro atoms. The van der Waals surface area contributed by atoms with Gasteiger partial charge in [-0.2, -0.15) is 0 Å². The molecular formula is C36H52N8O14. The lowest BCUT2D eigenvalue weighted by Crippen LogP contribution is -2.39. The second-order valence-corrected chi connectivity index (χ2v) is 12.6. The molecule has 0 aromatic heterocycles. The average Bonchev–Trinajstić information content (AvgIpc) is 3.68. The highest BCUT2D eigenvalue weighted by Crippen LogP contribution is 2.15. The van der Waals surface area contributed by atoms with Crippen LogP contribution in [0.4, 0.5) is 9.59 Å². The highest BCUT2D eigenvalue weighted by atomic mass is 16.6. The second-order valence-electron chi connectivity index (χ2n) is 12.6. The minimum Gasteiger partial charge on any atom is -0.447 e. The Balaban J connectivity index is 1.88. The molecule has 2 rings (SSSR count). The highest BCUT2D eigenvalue weighted by Gasteiger charge is 2.27. The van der Waals surface area contributed by atoms with Gasteiger partial charge in [0.15, 0.2) is 0 Å². The smallest absolute Gasteiger partial charge is 0.407 e. The van der Waals surface area contributed by atoms with Crippen LogP contribution in [-0.4, -0.2) is 153 Å². The summed E-state index contributed by atoms with van der Waals surface area (Å²) in [5.74, 6) is -5.68. The molecule has 0 saturated heterocycles. The number of ketones is 1. The van der Waals surface area contributed by atoms with E-state index in [-0.39, 0.29) is 97.6 Å². The standard InChI is InChI=1S/C36H52N8O14/c1-3-37-35(54)57-22-25(23-58-36(55)38-4-2)56-19-5-6-26(45)24(20-29(48)41-15-13-39-27(46)11-17-43-31(50)7-8-32(43)51)21-30(49)42-16-14-40-28(47)12-18-44-33(52)9-10-34(44)53/h7-10,24-25H,3-6,11-23H2,1-2H3,(H,37,54)(H,38,55)(H,39,46)(H,40,47)(H,41,48)(H,42,49). The van der Waals surface area contributed by atoms with E-state index in [1.165, 1.54) is 0 Å². The van der Waals surface area contributed by atoms with Crippen LogP contribution in [0, 0.1) is 5.92 Å². The molecule has 0 unspecified atom stereocenters. The fraction of sp³-hybridized carbons (Fsp3) is 0.583. The van der Waals surface area contributed by atoms with Crippen LogP contribution in [0.2, 0.25) is 0 Å². The Morgan fingerprint density at radius 1 is 0.552 bits per heavy atom. The molecule has 320 valence electrons. The Bertz CT molecular complexity index is 1440. The molecule has 22 heteroatoms. The van der Waals surface area contributed by atoms with Crippen LogP contribution in [0.15, 0.2) is 24.3 Å². The van der Waals surface area contributed by atoms with Crippen molar-refractivity contribution in [2.75, 3.05) is 72.2 Å². The third-order valence-corrected chi connectivity index (χ3v) is 8.15. The summed E-state index contributed by atoms with van der Waals surface area (Å²) in [6, 6.07) is 0. The minimum atomic E-state index is -1.07. The van der Waals surface area contributed by atoms with E-state index in [0.29, 0.717) is 13.1 Å².